The van der Waals surface area contributed by atoms with E-state index in [2.05, 4.69) is 28.7 Å². The molecule has 1 aliphatic carbocycles. The number of halogens is 2. The lowest BCUT2D eigenvalue weighted by Gasteiger charge is -2.23. The molecule has 7 heteroatoms. The van der Waals surface area contributed by atoms with Gasteiger partial charge in [-0.2, -0.15) is 0 Å². The number of fused-ring (bicyclic) bond motifs is 3. The lowest BCUT2D eigenvalue weighted by atomic mass is 9.90. The zero-order chi connectivity index (χ0) is 19.7. The van der Waals surface area contributed by atoms with Crippen molar-refractivity contribution in [2.45, 2.75) is 31.1 Å². The van der Waals surface area contributed by atoms with Crippen LogP contribution in [0.25, 0.3) is 22.3 Å². The Morgan fingerprint density at radius 2 is 1.86 bits per heavy atom. The maximum atomic E-state index is 13.3. The van der Waals surface area contributed by atoms with E-state index >= 15 is 0 Å². The molecule has 0 N–H and O–H groups in total. The quantitative estimate of drug-likeness (QED) is 0.431. The lowest BCUT2D eigenvalue weighted by Crippen LogP contribution is -2.30. The first-order valence-corrected chi connectivity index (χ1v) is 12.2. The highest BCUT2D eigenvalue weighted by Crippen LogP contribution is 2.57. The Morgan fingerprint density at radius 1 is 1.14 bits per heavy atom. The van der Waals surface area contributed by atoms with Crippen molar-refractivity contribution in [3.05, 3.63) is 51.3 Å². The number of hydrogen-bond donors (Lipinski definition) is 0. The second kappa shape index (κ2) is 6.19. The molecule has 28 heavy (non-hydrogen) atoms. The minimum absolute atomic E-state index is 0.0966. The van der Waals surface area contributed by atoms with Crippen LogP contribution in [0.15, 0.2) is 40.8 Å². The fraction of sp³-hybridized carbons (Fsp3) is 0.333. The van der Waals surface area contributed by atoms with Crippen LogP contribution in [0.2, 0.25) is 0 Å². The fourth-order valence-corrected chi connectivity index (χ4v) is 6.16. The molecule has 4 nitrogen and oxygen atoms in total. The first-order chi connectivity index (χ1) is 13.3. The van der Waals surface area contributed by atoms with Crippen LogP contribution in [-0.2, 0) is 15.4 Å². The van der Waals surface area contributed by atoms with E-state index in [1.165, 1.54) is 22.7 Å². The molecule has 146 valence electrons. The van der Waals surface area contributed by atoms with Crippen molar-refractivity contribution in [1.29, 1.82) is 0 Å². The van der Waals surface area contributed by atoms with Crippen LogP contribution in [0.1, 0.15) is 31.2 Å². The van der Waals surface area contributed by atoms with Gasteiger partial charge in [-0.15, -0.1) is 0 Å². The first-order valence-electron chi connectivity index (χ1n) is 9.29. The highest BCUT2D eigenvalue weighted by Gasteiger charge is 2.48. The molecule has 0 unspecified atom stereocenters. The molecule has 5 rings (SSSR count). The van der Waals surface area contributed by atoms with Gasteiger partial charge in [-0.3, -0.25) is 4.31 Å². The van der Waals surface area contributed by atoms with Crippen molar-refractivity contribution in [2.24, 2.45) is 0 Å². The Balaban J connectivity index is 1.75. The van der Waals surface area contributed by atoms with E-state index < -0.39 is 10.0 Å². The number of nitrogens with zero attached hydrogens (tertiary/aromatic N) is 1. The van der Waals surface area contributed by atoms with Gasteiger partial charge in [-0.1, -0.05) is 0 Å². The molecule has 1 aliphatic heterocycles. The summed E-state index contributed by atoms with van der Waals surface area (Å²) < 4.78 is 46.8. The first kappa shape index (κ1) is 18.4. The Bertz CT molecular complexity index is 1200. The second-order valence-electron chi connectivity index (χ2n) is 7.84. The number of furan rings is 1. The van der Waals surface area contributed by atoms with E-state index in [9.17, 15) is 12.8 Å². The maximum Gasteiger partial charge on any atom is 0.232 e. The molecule has 1 spiro atoms. The summed E-state index contributed by atoms with van der Waals surface area (Å²) in [5.74, 6) is 0.396. The van der Waals surface area contributed by atoms with E-state index in [-0.39, 0.29) is 11.2 Å². The molecule has 0 radical (unpaired) electrons. The molecule has 1 aromatic heterocycles. The monoisotopic (exact) mass is 511 g/mol. The highest BCUT2D eigenvalue weighted by molar-refractivity contribution is 14.1. The summed E-state index contributed by atoms with van der Waals surface area (Å²) in [4.78, 5) is 0. The topological polar surface area (TPSA) is 50.5 Å². The Labute approximate surface area is 176 Å². The highest BCUT2D eigenvalue weighted by atomic mass is 127. The SMILES string of the molecule is CS(=O)(=O)N1CCCC2(CC2)c2cc3c(I)c(-c4ccc(F)cc4)oc3cc21. The molecule has 2 heterocycles. The van der Waals surface area contributed by atoms with Gasteiger partial charge >= 0.3 is 0 Å². The normalized spacial score (nSPS) is 18.3. The van der Waals surface area contributed by atoms with Crippen LogP contribution < -0.4 is 4.31 Å². The Kier molecular flexibility index (Phi) is 4.07. The van der Waals surface area contributed by atoms with Crippen LogP contribution in [0.3, 0.4) is 0 Å². The Morgan fingerprint density at radius 3 is 2.50 bits per heavy atom. The molecule has 3 aromatic rings. The van der Waals surface area contributed by atoms with Crippen molar-refractivity contribution in [3.63, 3.8) is 0 Å². The van der Waals surface area contributed by atoms with Crippen LogP contribution in [0, 0.1) is 9.39 Å². The number of sulfonamides is 1. The van der Waals surface area contributed by atoms with Gasteiger partial charge < -0.3 is 4.42 Å². The van der Waals surface area contributed by atoms with Crippen LogP contribution >= 0.6 is 22.6 Å². The zero-order valence-electron chi connectivity index (χ0n) is 15.3. The molecule has 0 atom stereocenters. The van der Waals surface area contributed by atoms with Crippen LogP contribution in [0.4, 0.5) is 10.1 Å². The maximum absolute atomic E-state index is 13.3. The Hall–Kier alpha value is -1.61. The minimum Gasteiger partial charge on any atom is -0.455 e. The predicted molar refractivity (Wildman–Crippen MR) is 117 cm³/mol. The average Bonchev–Trinajstić information content (AvgIpc) is 3.39. The number of rotatable bonds is 2. The molecule has 0 amide bonds. The van der Waals surface area contributed by atoms with Gasteiger partial charge in [0.25, 0.3) is 0 Å². The zero-order valence-corrected chi connectivity index (χ0v) is 18.3. The third-order valence-electron chi connectivity index (χ3n) is 5.96. The summed E-state index contributed by atoms with van der Waals surface area (Å²) in [5.41, 5.74) is 3.43. The number of anilines is 1. The standard InChI is InChI=1S/C21H19FINO3S/c1-28(25,26)24-10-2-7-21(8-9-21)16-11-15-18(12-17(16)24)27-20(19(15)23)13-3-5-14(22)6-4-13/h3-6,11-12H,2,7-10H2,1H3. The predicted octanol–water partition coefficient (Wildman–Crippen LogP) is 5.43. The van der Waals surface area contributed by atoms with E-state index in [1.807, 2.05) is 6.07 Å². The van der Waals surface area contributed by atoms with E-state index in [1.54, 1.807) is 12.1 Å². The van der Waals surface area contributed by atoms with Gasteiger partial charge in [-0.05, 0) is 89.6 Å². The molecule has 1 fully saturated rings. The molecule has 0 bridgehead atoms. The summed E-state index contributed by atoms with van der Waals surface area (Å²) in [5, 5.41) is 0.986. The van der Waals surface area contributed by atoms with E-state index in [4.69, 9.17) is 4.42 Å². The summed E-state index contributed by atoms with van der Waals surface area (Å²) in [7, 11) is -3.37. The van der Waals surface area contributed by atoms with Crippen LogP contribution in [0.5, 0.6) is 0 Å². The third kappa shape index (κ3) is 2.85. The largest absolute Gasteiger partial charge is 0.455 e. The van der Waals surface area contributed by atoms with Gasteiger partial charge in [0.15, 0.2) is 0 Å². The second-order valence-corrected chi connectivity index (χ2v) is 10.8. The number of hydrogen-bond acceptors (Lipinski definition) is 3. The third-order valence-corrected chi connectivity index (χ3v) is 8.21. The molecular weight excluding hydrogens is 492 g/mol. The molecule has 1 saturated carbocycles. The lowest BCUT2D eigenvalue weighted by molar-refractivity contribution is 0.587. The summed E-state index contributed by atoms with van der Waals surface area (Å²) >= 11 is 2.26. The van der Waals surface area contributed by atoms with Crippen LogP contribution in [-0.4, -0.2) is 21.2 Å². The molecular formula is C21H19FINO3S. The molecule has 2 aliphatic rings. The van der Waals surface area contributed by atoms with Gasteiger partial charge in [0.1, 0.15) is 17.2 Å². The average molecular weight is 511 g/mol. The summed E-state index contributed by atoms with van der Waals surface area (Å²) in [6.07, 6.45) is 5.34. The van der Waals surface area contributed by atoms with E-state index in [0.717, 1.165) is 51.5 Å². The molecule has 2 aromatic carbocycles. The molecule has 0 saturated heterocycles. The smallest absolute Gasteiger partial charge is 0.232 e. The summed E-state index contributed by atoms with van der Waals surface area (Å²) in [6.45, 7) is 0.502. The summed E-state index contributed by atoms with van der Waals surface area (Å²) in [6, 6.07) is 10.2. The van der Waals surface area contributed by atoms with Gasteiger partial charge in [0.05, 0.1) is 15.5 Å². The van der Waals surface area contributed by atoms with Gasteiger partial charge in [0, 0.05) is 23.6 Å². The van der Waals surface area contributed by atoms with Crippen molar-refractivity contribution >= 4 is 49.3 Å². The fourth-order valence-electron chi connectivity index (χ4n) is 4.35. The van der Waals surface area contributed by atoms with Crippen molar-refractivity contribution in [2.75, 3.05) is 17.1 Å². The van der Waals surface area contributed by atoms with Crippen molar-refractivity contribution in [3.8, 4) is 11.3 Å². The van der Waals surface area contributed by atoms with Crippen molar-refractivity contribution < 1.29 is 17.2 Å². The number of benzene rings is 2. The van der Waals surface area contributed by atoms with Gasteiger partial charge in [0.2, 0.25) is 10.0 Å². The van der Waals surface area contributed by atoms with Gasteiger partial charge in [-0.25, -0.2) is 12.8 Å². The van der Waals surface area contributed by atoms with Crippen molar-refractivity contribution in [1.82, 2.24) is 0 Å². The van der Waals surface area contributed by atoms with E-state index in [0.29, 0.717) is 17.9 Å². The minimum atomic E-state index is -3.37.